The number of aryl methyl sites for hydroxylation is 1. The number of halogens is 4. The van der Waals surface area contributed by atoms with E-state index in [9.17, 15) is 13.6 Å². The molecule has 1 fully saturated rings. The molecule has 1 aliphatic rings. The van der Waals surface area contributed by atoms with E-state index in [1.807, 2.05) is 25.1 Å². The molecule has 0 saturated heterocycles. The topological polar surface area (TPSA) is 98.3 Å². The van der Waals surface area contributed by atoms with E-state index >= 15 is 0 Å². The first-order valence-corrected chi connectivity index (χ1v) is 14.2. The van der Waals surface area contributed by atoms with Crippen LogP contribution in [-0.2, 0) is 11.2 Å². The van der Waals surface area contributed by atoms with Gasteiger partial charge in [0.2, 0.25) is 11.9 Å². The average Bonchev–Trinajstić information content (AvgIpc) is 3.32. The molecule has 1 aliphatic carbocycles. The first-order valence-electron chi connectivity index (χ1n) is 13.5. The van der Waals surface area contributed by atoms with Gasteiger partial charge in [0.25, 0.3) is 0 Å². The van der Waals surface area contributed by atoms with Crippen molar-refractivity contribution in [3.63, 3.8) is 0 Å². The number of ether oxygens (including phenoxy) is 2. The van der Waals surface area contributed by atoms with Crippen LogP contribution >= 0.6 is 23.2 Å². The number of anilines is 3. The zero-order valence-electron chi connectivity index (χ0n) is 23.7. The van der Waals surface area contributed by atoms with Gasteiger partial charge in [0.05, 0.1) is 30.0 Å². The highest BCUT2D eigenvalue weighted by Gasteiger charge is 2.39. The molecular weight excluding hydrogens is 599 g/mol. The van der Waals surface area contributed by atoms with Crippen LogP contribution in [0.3, 0.4) is 0 Å². The highest BCUT2D eigenvalue weighted by molar-refractivity contribution is 6.41. The van der Waals surface area contributed by atoms with Crippen LogP contribution in [0.5, 0.6) is 11.5 Å². The van der Waals surface area contributed by atoms with Crippen molar-refractivity contribution >= 4 is 57.3 Å². The van der Waals surface area contributed by atoms with Crippen LogP contribution in [0.15, 0.2) is 49.2 Å². The number of alkyl halides is 2. The van der Waals surface area contributed by atoms with Crippen molar-refractivity contribution in [2.75, 3.05) is 24.9 Å². The summed E-state index contributed by atoms with van der Waals surface area (Å²) in [5.41, 5.74) is 3.42. The molecule has 2 heterocycles. The minimum atomic E-state index is -2.77. The van der Waals surface area contributed by atoms with Gasteiger partial charge >= 0.3 is 0 Å². The van der Waals surface area contributed by atoms with Crippen LogP contribution in [0, 0.1) is 6.92 Å². The number of nitrogens with zero attached hydrogens (tertiary/aromatic N) is 3. The normalized spacial score (nSPS) is 15.7. The number of fused-ring (bicyclic) bond motifs is 1. The zero-order chi connectivity index (χ0) is 30.9. The van der Waals surface area contributed by atoms with E-state index in [-0.39, 0.29) is 53.3 Å². The highest BCUT2D eigenvalue weighted by atomic mass is 35.5. The van der Waals surface area contributed by atoms with Gasteiger partial charge in [-0.2, -0.15) is 0 Å². The first-order chi connectivity index (χ1) is 20.5. The molecule has 0 radical (unpaired) electrons. The molecule has 0 amide bonds. The van der Waals surface area contributed by atoms with Crippen molar-refractivity contribution in [1.82, 2.24) is 15.0 Å². The van der Waals surface area contributed by atoms with Crippen LogP contribution in [-0.4, -0.2) is 46.9 Å². The van der Waals surface area contributed by atoms with E-state index in [2.05, 4.69) is 22.2 Å². The molecule has 1 saturated carbocycles. The highest BCUT2D eigenvalue weighted by Crippen LogP contribution is 2.46. The number of carbonyl (C=O) groups is 1. The zero-order valence-corrected chi connectivity index (χ0v) is 25.2. The van der Waals surface area contributed by atoms with Gasteiger partial charge in [-0.1, -0.05) is 48.0 Å². The summed E-state index contributed by atoms with van der Waals surface area (Å²) in [5, 5.41) is 7.38. The molecule has 8 nitrogen and oxygen atoms in total. The van der Waals surface area contributed by atoms with Gasteiger partial charge in [-0.15, -0.1) is 0 Å². The molecule has 5 rings (SSSR count). The lowest BCUT2D eigenvalue weighted by atomic mass is 10.0. The summed E-state index contributed by atoms with van der Waals surface area (Å²) < 4.78 is 39.1. The van der Waals surface area contributed by atoms with Crippen molar-refractivity contribution in [2.24, 2.45) is 0 Å². The molecule has 12 heteroatoms. The number of rotatable bonds is 10. The van der Waals surface area contributed by atoms with E-state index in [1.54, 1.807) is 18.3 Å². The summed E-state index contributed by atoms with van der Waals surface area (Å²) in [7, 11) is 2.93. The van der Waals surface area contributed by atoms with Crippen LogP contribution in [0.25, 0.3) is 22.2 Å². The van der Waals surface area contributed by atoms with Crippen molar-refractivity contribution in [2.45, 2.75) is 44.6 Å². The second-order valence-electron chi connectivity index (χ2n) is 10.3. The van der Waals surface area contributed by atoms with E-state index in [1.165, 1.54) is 20.3 Å². The maximum atomic E-state index is 14.1. The number of pyridine rings is 1. The van der Waals surface area contributed by atoms with Gasteiger partial charge in [0.15, 0.2) is 11.6 Å². The number of allylic oxidation sites excluding steroid dienone is 1. The smallest absolute Gasteiger partial charge is 0.250 e. The average molecular weight is 629 g/mol. The molecule has 1 unspecified atom stereocenters. The fourth-order valence-corrected chi connectivity index (χ4v) is 5.83. The Labute approximate surface area is 257 Å². The molecule has 0 aliphatic heterocycles. The second-order valence-corrected chi connectivity index (χ2v) is 11.0. The summed E-state index contributed by atoms with van der Waals surface area (Å²) in [6.07, 6.45) is 2.72. The Kier molecular flexibility index (Phi) is 8.71. The van der Waals surface area contributed by atoms with E-state index in [0.717, 1.165) is 11.1 Å². The Balaban J connectivity index is 1.64. The third kappa shape index (κ3) is 6.35. The van der Waals surface area contributed by atoms with Crippen LogP contribution in [0.1, 0.15) is 30.4 Å². The number of carbonyl (C=O) groups excluding carboxylic acids is 1. The molecule has 1 atom stereocenters. The fraction of sp³-hybridized carbons (Fsp3) is 0.290. The number of benzene rings is 2. The minimum absolute atomic E-state index is 0.129. The maximum Gasteiger partial charge on any atom is 0.250 e. The molecule has 4 aromatic rings. The number of hydrogen-bond donors (Lipinski definition) is 2. The number of para-hydroxylation sites is 1. The number of ketones is 1. The van der Waals surface area contributed by atoms with Gasteiger partial charge in [0.1, 0.15) is 17.0 Å². The van der Waals surface area contributed by atoms with E-state index in [4.69, 9.17) is 42.6 Å². The van der Waals surface area contributed by atoms with Crippen molar-refractivity contribution < 1.29 is 23.0 Å². The maximum absolute atomic E-state index is 14.1. The minimum Gasteiger partial charge on any atom is -0.495 e. The van der Waals surface area contributed by atoms with Crippen LogP contribution < -0.4 is 20.1 Å². The van der Waals surface area contributed by atoms with Crippen molar-refractivity contribution in [1.29, 1.82) is 0 Å². The number of methoxy groups -OCH3 is 2. The Bertz CT molecular complexity index is 1710. The van der Waals surface area contributed by atoms with Crippen LogP contribution in [0.4, 0.5) is 26.2 Å². The Morgan fingerprint density at radius 3 is 2.51 bits per heavy atom. The lowest BCUT2D eigenvalue weighted by Crippen LogP contribution is -2.20. The Morgan fingerprint density at radius 1 is 1.16 bits per heavy atom. The molecule has 224 valence electrons. The lowest BCUT2D eigenvalue weighted by molar-refractivity contribution is -0.114. The predicted octanol–water partition coefficient (Wildman–Crippen LogP) is 7.97. The van der Waals surface area contributed by atoms with Gasteiger partial charge < -0.3 is 20.1 Å². The van der Waals surface area contributed by atoms with Crippen LogP contribution in [0.2, 0.25) is 10.0 Å². The number of nitrogens with one attached hydrogen (secondary N) is 2. The standard InChI is InChI=1S/C31H29Cl2F2N5O3/c1-5-20(41)11-17-8-6-7-16(2)27(17)39-30-36-15-18-12-21(24-25(32)22(42-3)13-23(43-4)26(24)33)38-29(28(18)40-30)37-19-9-10-31(34,35)14-19/h5-8,12-13,15,19H,1,9-11,14H2,2-4H3,(H,37,38)(H,36,39,40). The fourth-order valence-electron chi connectivity index (χ4n) is 5.13. The second kappa shape index (κ2) is 12.3. The summed E-state index contributed by atoms with van der Waals surface area (Å²) in [5.74, 6) is -1.75. The lowest BCUT2D eigenvalue weighted by Gasteiger charge is -2.19. The summed E-state index contributed by atoms with van der Waals surface area (Å²) in [6, 6.07) is 8.35. The van der Waals surface area contributed by atoms with Gasteiger partial charge in [-0.25, -0.2) is 23.7 Å². The Morgan fingerprint density at radius 2 is 1.88 bits per heavy atom. The molecular formula is C31H29Cl2F2N5O3. The van der Waals surface area contributed by atoms with Crippen molar-refractivity contribution in [3.8, 4) is 22.8 Å². The number of aromatic nitrogens is 3. The van der Waals surface area contributed by atoms with E-state index < -0.39 is 12.0 Å². The molecule has 43 heavy (non-hydrogen) atoms. The third-order valence-electron chi connectivity index (χ3n) is 7.33. The molecule has 2 N–H and O–H groups in total. The molecule has 0 spiro atoms. The summed E-state index contributed by atoms with van der Waals surface area (Å²) in [4.78, 5) is 26.1. The first kappa shape index (κ1) is 30.4. The third-order valence-corrected chi connectivity index (χ3v) is 8.08. The molecule has 2 aromatic carbocycles. The van der Waals surface area contributed by atoms with Crippen molar-refractivity contribution in [3.05, 3.63) is 70.4 Å². The quantitative estimate of drug-likeness (QED) is 0.171. The number of hydrogen-bond acceptors (Lipinski definition) is 8. The molecule has 2 aromatic heterocycles. The SMILES string of the molecule is C=CC(=O)Cc1cccc(C)c1Nc1ncc2cc(-c3c(Cl)c(OC)cc(OC)c3Cl)nc(NC3CCC(F)(F)C3)c2n1. The van der Waals surface area contributed by atoms with Gasteiger partial charge in [0, 0.05) is 54.2 Å². The van der Waals surface area contributed by atoms with Gasteiger partial charge in [-0.05, 0) is 36.6 Å². The van der Waals surface area contributed by atoms with Gasteiger partial charge in [-0.3, -0.25) is 4.79 Å². The monoisotopic (exact) mass is 627 g/mol. The summed E-state index contributed by atoms with van der Waals surface area (Å²) >= 11 is 13.4. The van der Waals surface area contributed by atoms with E-state index in [0.29, 0.717) is 39.3 Å². The Hall–Kier alpha value is -4.02. The largest absolute Gasteiger partial charge is 0.495 e. The molecule has 0 bridgehead atoms. The predicted molar refractivity (Wildman–Crippen MR) is 165 cm³/mol. The summed E-state index contributed by atoms with van der Waals surface area (Å²) in [6.45, 7) is 5.47.